The Balaban J connectivity index is 2.12. The van der Waals surface area contributed by atoms with Crippen molar-refractivity contribution in [2.45, 2.75) is 12.5 Å². The van der Waals surface area contributed by atoms with Crippen LogP contribution in [0, 0.1) is 0 Å². The van der Waals surface area contributed by atoms with Crippen molar-refractivity contribution in [3.63, 3.8) is 0 Å². The van der Waals surface area contributed by atoms with Gasteiger partial charge < -0.3 is 24.3 Å². The number of alkyl halides is 1. The molecule has 0 radical (unpaired) electrons. The SMILES string of the molecule is COCC1=C(C(=O)OC)C(c2cccc(Cl)c2)C(C(=O)OCc2ccccc2)=C(COCCCl)N1. The van der Waals surface area contributed by atoms with Gasteiger partial charge in [-0.1, -0.05) is 54.1 Å². The number of hydrogen-bond acceptors (Lipinski definition) is 7. The number of ether oxygens (including phenoxy) is 4. The van der Waals surface area contributed by atoms with E-state index >= 15 is 0 Å². The highest BCUT2D eigenvalue weighted by atomic mass is 35.5. The molecule has 0 saturated heterocycles. The van der Waals surface area contributed by atoms with Gasteiger partial charge in [0.15, 0.2) is 0 Å². The van der Waals surface area contributed by atoms with E-state index in [-0.39, 0.29) is 43.5 Å². The smallest absolute Gasteiger partial charge is 0.337 e. The van der Waals surface area contributed by atoms with Crippen molar-refractivity contribution >= 4 is 35.1 Å². The highest BCUT2D eigenvalue weighted by Crippen LogP contribution is 2.40. The zero-order valence-corrected chi connectivity index (χ0v) is 21.0. The maximum atomic E-state index is 13.6. The molecule has 0 saturated carbocycles. The molecule has 0 bridgehead atoms. The number of dihydropyridines is 1. The molecule has 3 rings (SSSR count). The molecule has 0 aliphatic carbocycles. The fourth-order valence-electron chi connectivity index (χ4n) is 3.82. The van der Waals surface area contributed by atoms with Gasteiger partial charge in [0.2, 0.25) is 0 Å². The third-order valence-corrected chi connectivity index (χ3v) is 5.70. The van der Waals surface area contributed by atoms with Crippen molar-refractivity contribution in [1.29, 1.82) is 0 Å². The Morgan fingerprint density at radius 1 is 0.914 bits per heavy atom. The molecule has 0 spiro atoms. The summed E-state index contributed by atoms with van der Waals surface area (Å²) in [5.74, 6) is -1.75. The predicted octanol–water partition coefficient (Wildman–Crippen LogP) is 4.35. The van der Waals surface area contributed by atoms with Crippen LogP contribution in [0.1, 0.15) is 17.0 Å². The van der Waals surface area contributed by atoms with Crippen molar-refractivity contribution in [2.75, 3.05) is 39.9 Å². The number of benzene rings is 2. The van der Waals surface area contributed by atoms with Crippen molar-refractivity contribution < 1.29 is 28.5 Å². The molecule has 186 valence electrons. The van der Waals surface area contributed by atoms with Crippen molar-refractivity contribution in [2.24, 2.45) is 0 Å². The average Bonchev–Trinajstić information content (AvgIpc) is 2.87. The average molecular weight is 520 g/mol. The fraction of sp³-hybridized carbons (Fsp3) is 0.308. The second-order valence-corrected chi connectivity index (χ2v) is 8.44. The Morgan fingerprint density at radius 3 is 2.29 bits per heavy atom. The standard InChI is InChI=1S/C26H27Cl2NO6/c1-32-15-20-23(25(30)33-2)22(18-9-6-10-19(28)13-18)24(21(29-20)16-34-12-11-27)26(31)35-14-17-7-4-3-5-8-17/h3-10,13,22,29H,11-12,14-16H2,1-2H3. The Hall–Kier alpha value is -2.84. The predicted molar refractivity (Wildman–Crippen MR) is 133 cm³/mol. The highest BCUT2D eigenvalue weighted by Gasteiger charge is 2.40. The maximum Gasteiger partial charge on any atom is 0.337 e. The van der Waals surface area contributed by atoms with E-state index in [1.54, 1.807) is 24.3 Å². The topological polar surface area (TPSA) is 83.1 Å². The van der Waals surface area contributed by atoms with Crippen LogP contribution in [-0.2, 0) is 35.1 Å². The lowest BCUT2D eigenvalue weighted by molar-refractivity contribution is -0.140. The zero-order valence-electron chi connectivity index (χ0n) is 19.5. The lowest BCUT2D eigenvalue weighted by Gasteiger charge is -2.32. The van der Waals surface area contributed by atoms with Gasteiger partial charge in [0, 0.05) is 18.0 Å². The van der Waals surface area contributed by atoms with Crippen LogP contribution in [-0.4, -0.2) is 51.9 Å². The number of halogens is 2. The molecular formula is C26H27Cl2NO6. The van der Waals surface area contributed by atoms with Gasteiger partial charge in [-0.15, -0.1) is 11.6 Å². The highest BCUT2D eigenvalue weighted by molar-refractivity contribution is 6.30. The second-order valence-electron chi connectivity index (χ2n) is 7.63. The van der Waals surface area contributed by atoms with Crippen LogP contribution in [0.3, 0.4) is 0 Å². The summed E-state index contributed by atoms with van der Waals surface area (Å²) >= 11 is 12.1. The number of methoxy groups -OCH3 is 2. The Morgan fingerprint density at radius 2 is 1.63 bits per heavy atom. The van der Waals surface area contributed by atoms with E-state index in [1.165, 1.54) is 14.2 Å². The van der Waals surface area contributed by atoms with Gasteiger partial charge in [-0.05, 0) is 23.3 Å². The molecule has 1 aliphatic rings. The molecule has 1 aliphatic heterocycles. The minimum absolute atomic E-state index is 0.0429. The summed E-state index contributed by atoms with van der Waals surface area (Å²) in [4.78, 5) is 26.6. The normalized spacial score (nSPS) is 15.6. The molecule has 1 N–H and O–H groups in total. The summed E-state index contributed by atoms with van der Waals surface area (Å²) in [6.45, 7) is 0.450. The summed E-state index contributed by atoms with van der Waals surface area (Å²) in [6, 6.07) is 16.3. The molecule has 0 aromatic heterocycles. The third-order valence-electron chi connectivity index (χ3n) is 5.31. The first-order valence-electron chi connectivity index (χ1n) is 10.9. The molecular weight excluding hydrogens is 493 g/mol. The van der Waals surface area contributed by atoms with Crippen LogP contribution in [0.5, 0.6) is 0 Å². The van der Waals surface area contributed by atoms with Gasteiger partial charge in [-0.25, -0.2) is 9.59 Å². The fourth-order valence-corrected chi connectivity index (χ4v) is 4.13. The van der Waals surface area contributed by atoms with Gasteiger partial charge in [-0.2, -0.15) is 0 Å². The van der Waals surface area contributed by atoms with Crippen LogP contribution >= 0.6 is 23.2 Å². The molecule has 0 amide bonds. The first-order chi connectivity index (χ1) is 17.0. The van der Waals surface area contributed by atoms with E-state index in [9.17, 15) is 9.59 Å². The molecule has 0 fully saturated rings. The molecule has 2 aromatic rings. The Labute approximate surface area is 214 Å². The number of carbonyl (C=O) groups excluding carboxylic acids is 2. The third kappa shape index (κ3) is 6.86. The van der Waals surface area contributed by atoms with Crippen LogP contribution in [0.2, 0.25) is 5.02 Å². The molecule has 7 nitrogen and oxygen atoms in total. The van der Waals surface area contributed by atoms with Crippen LogP contribution < -0.4 is 5.32 Å². The zero-order chi connectivity index (χ0) is 25.2. The summed E-state index contributed by atoms with van der Waals surface area (Å²) in [6.07, 6.45) is 0. The quantitative estimate of drug-likeness (QED) is 0.268. The molecule has 9 heteroatoms. The number of nitrogens with one attached hydrogen (secondary N) is 1. The molecule has 1 unspecified atom stereocenters. The van der Waals surface area contributed by atoms with Crippen molar-refractivity contribution in [3.05, 3.63) is 93.3 Å². The minimum Gasteiger partial charge on any atom is -0.466 e. The summed E-state index contributed by atoms with van der Waals surface area (Å²) in [5, 5.41) is 3.61. The molecule has 1 heterocycles. The number of rotatable bonds is 11. The second kappa shape index (κ2) is 13.3. The number of hydrogen-bond donors (Lipinski definition) is 1. The Kier molecular flexibility index (Phi) is 10.2. The maximum absolute atomic E-state index is 13.6. The first-order valence-corrected chi connectivity index (χ1v) is 11.8. The lowest BCUT2D eigenvalue weighted by atomic mass is 9.80. The van der Waals surface area contributed by atoms with Crippen LogP contribution in [0.25, 0.3) is 0 Å². The first kappa shape index (κ1) is 26.8. The number of esters is 2. The van der Waals surface area contributed by atoms with E-state index in [2.05, 4.69) is 5.32 Å². The minimum atomic E-state index is -0.828. The molecule has 2 aromatic carbocycles. The summed E-state index contributed by atoms with van der Waals surface area (Å²) in [7, 11) is 2.79. The van der Waals surface area contributed by atoms with Gasteiger partial charge in [0.1, 0.15) is 6.61 Å². The Bertz CT molecular complexity index is 1100. The molecule has 1 atom stereocenters. The summed E-state index contributed by atoms with van der Waals surface area (Å²) < 4.78 is 21.8. The number of carbonyl (C=O) groups is 2. The largest absolute Gasteiger partial charge is 0.466 e. The van der Waals surface area contributed by atoms with Gasteiger partial charge in [-0.3, -0.25) is 0 Å². The van der Waals surface area contributed by atoms with Crippen LogP contribution in [0.15, 0.2) is 77.1 Å². The monoisotopic (exact) mass is 519 g/mol. The van der Waals surface area contributed by atoms with E-state index in [1.807, 2.05) is 30.3 Å². The van der Waals surface area contributed by atoms with E-state index in [0.717, 1.165) is 5.56 Å². The van der Waals surface area contributed by atoms with E-state index in [4.69, 9.17) is 42.1 Å². The van der Waals surface area contributed by atoms with Gasteiger partial charge in [0.05, 0.1) is 55.4 Å². The lowest BCUT2D eigenvalue weighted by Crippen LogP contribution is -2.36. The van der Waals surface area contributed by atoms with Crippen molar-refractivity contribution in [1.82, 2.24) is 5.32 Å². The van der Waals surface area contributed by atoms with Crippen LogP contribution in [0.4, 0.5) is 0 Å². The van der Waals surface area contributed by atoms with Gasteiger partial charge in [0.25, 0.3) is 0 Å². The van der Waals surface area contributed by atoms with Crippen molar-refractivity contribution in [3.8, 4) is 0 Å². The van der Waals surface area contributed by atoms with Gasteiger partial charge >= 0.3 is 11.9 Å². The summed E-state index contributed by atoms with van der Waals surface area (Å²) in [5.41, 5.74) is 2.79. The van der Waals surface area contributed by atoms with E-state index < -0.39 is 17.9 Å². The molecule has 35 heavy (non-hydrogen) atoms. The van der Waals surface area contributed by atoms with E-state index in [0.29, 0.717) is 22.0 Å².